The summed E-state index contributed by atoms with van der Waals surface area (Å²) >= 11 is 0. The van der Waals surface area contributed by atoms with Crippen LogP contribution in [0.25, 0.3) is 11.0 Å². The van der Waals surface area contributed by atoms with Crippen LogP contribution in [0.3, 0.4) is 0 Å². The normalized spacial score (nSPS) is 18.3. The highest BCUT2D eigenvalue weighted by Gasteiger charge is 2.19. The summed E-state index contributed by atoms with van der Waals surface area (Å²) in [6.07, 6.45) is 4.66. The standard InChI is InChI=1S/C16H18N4O2/c1-2-6-13-12(5-1)17-14(18-13)7-8-16-19-15(20-22-16)10-11-4-3-9-21-11/h1-2,5-6,11H,3-4,7-10H2,(H,17,18)/t11-/m0/s1. The lowest BCUT2D eigenvalue weighted by Crippen LogP contribution is -2.10. The van der Waals surface area contributed by atoms with Crippen molar-refractivity contribution in [1.29, 1.82) is 0 Å². The van der Waals surface area contributed by atoms with Crippen molar-refractivity contribution in [2.24, 2.45) is 0 Å². The Morgan fingerprint density at radius 1 is 1.18 bits per heavy atom. The van der Waals surface area contributed by atoms with Crippen molar-refractivity contribution in [1.82, 2.24) is 20.1 Å². The molecule has 3 aromatic rings. The maximum absolute atomic E-state index is 5.59. The van der Waals surface area contributed by atoms with Crippen molar-refractivity contribution in [2.75, 3.05) is 6.61 Å². The van der Waals surface area contributed by atoms with Crippen LogP contribution < -0.4 is 0 Å². The van der Waals surface area contributed by atoms with E-state index in [1.54, 1.807) is 0 Å². The molecule has 3 heterocycles. The van der Waals surface area contributed by atoms with Gasteiger partial charge >= 0.3 is 0 Å². The molecule has 2 aromatic heterocycles. The Labute approximate surface area is 127 Å². The fourth-order valence-corrected chi connectivity index (χ4v) is 2.83. The Morgan fingerprint density at radius 2 is 2.14 bits per heavy atom. The van der Waals surface area contributed by atoms with Gasteiger partial charge in [-0.25, -0.2) is 4.98 Å². The van der Waals surface area contributed by atoms with Gasteiger partial charge in [-0.05, 0) is 25.0 Å². The van der Waals surface area contributed by atoms with Gasteiger partial charge < -0.3 is 14.2 Å². The molecule has 22 heavy (non-hydrogen) atoms. The molecule has 1 N–H and O–H groups in total. The second kappa shape index (κ2) is 5.88. The first-order valence-electron chi connectivity index (χ1n) is 7.73. The monoisotopic (exact) mass is 298 g/mol. The summed E-state index contributed by atoms with van der Waals surface area (Å²) in [5.74, 6) is 2.35. The van der Waals surface area contributed by atoms with Gasteiger partial charge in [0.2, 0.25) is 5.89 Å². The van der Waals surface area contributed by atoms with Crippen LogP contribution in [0, 0.1) is 0 Å². The second-order valence-corrected chi connectivity index (χ2v) is 5.64. The van der Waals surface area contributed by atoms with Crippen LogP contribution in [0.2, 0.25) is 0 Å². The van der Waals surface area contributed by atoms with Gasteiger partial charge in [0.05, 0.1) is 17.1 Å². The third-order valence-electron chi connectivity index (χ3n) is 3.96. The zero-order valence-corrected chi connectivity index (χ0v) is 12.3. The first kappa shape index (κ1) is 13.5. The lowest BCUT2D eigenvalue weighted by Gasteiger charge is -2.03. The van der Waals surface area contributed by atoms with Crippen LogP contribution in [-0.4, -0.2) is 32.8 Å². The van der Waals surface area contributed by atoms with E-state index in [-0.39, 0.29) is 6.10 Å². The van der Waals surface area contributed by atoms with Gasteiger partial charge in [0.15, 0.2) is 5.82 Å². The molecule has 0 unspecified atom stereocenters. The average Bonchev–Trinajstić information content (AvgIpc) is 3.26. The van der Waals surface area contributed by atoms with Crippen molar-refractivity contribution >= 4 is 11.0 Å². The Kier molecular flexibility index (Phi) is 3.60. The average molecular weight is 298 g/mol. The quantitative estimate of drug-likeness (QED) is 0.783. The van der Waals surface area contributed by atoms with E-state index in [9.17, 15) is 0 Å². The molecular formula is C16H18N4O2. The van der Waals surface area contributed by atoms with Crippen molar-refractivity contribution in [3.05, 3.63) is 41.8 Å². The minimum Gasteiger partial charge on any atom is -0.378 e. The maximum atomic E-state index is 5.59. The third kappa shape index (κ3) is 2.87. The molecule has 0 bridgehead atoms. The van der Waals surface area contributed by atoms with Gasteiger partial charge in [-0.15, -0.1) is 0 Å². The lowest BCUT2D eigenvalue weighted by molar-refractivity contribution is 0.109. The molecule has 6 heteroatoms. The number of hydrogen-bond donors (Lipinski definition) is 1. The molecule has 1 atom stereocenters. The fraction of sp³-hybridized carbons (Fsp3) is 0.438. The smallest absolute Gasteiger partial charge is 0.227 e. The van der Waals surface area contributed by atoms with Crippen molar-refractivity contribution in [3.63, 3.8) is 0 Å². The number of fused-ring (bicyclic) bond motifs is 1. The number of rotatable bonds is 5. The van der Waals surface area contributed by atoms with E-state index in [0.717, 1.165) is 55.0 Å². The van der Waals surface area contributed by atoms with Gasteiger partial charge in [-0.1, -0.05) is 17.3 Å². The molecule has 1 saturated heterocycles. The number of para-hydroxylation sites is 2. The minimum atomic E-state index is 0.251. The van der Waals surface area contributed by atoms with E-state index in [4.69, 9.17) is 9.26 Å². The van der Waals surface area contributed by atoms with E-state index in [1.165, 1.54) is 0 Å². The second-order valence-electron chi connectivity index (χ2n) is 5.64. The highest BCUT2D eigenvalue weighted by Crippen LogP contribution is 2.16. The molecule has 0 radical (unpaired) electrons. The number of nitrogens with zero attached hydrogens (tertiary/aromatic N) is 3. The zero-order valence-electron chi connectivity index (χ0n) is 12.3. The summed E-state index contributed by atoms with van der Waals surface area (Å²) in [6.45, 7) is 0.849. The van der Waals surface area contributed by atoms with Gasteiger partial charge in [0.1, 0.15) is 5.82 Å². The number of aromatic nitrogens is 4. The summed E-state index contributed by atoms with van der Waals surface area (Å²) in [4.78, 5) is 12.3. The highest BCUT2D eigenvalue weighted by atomic mass is 16.5. The van der Waals surface area contributed by atoms with E-state index in [1.807, 2.05) is 24.3 Å². The topological polar surface area (TPSA) is 76.8 Å². The van der Waals surface area contributed by atoms with Gasteiger partial charge in [-0.2, -0.15) is 4.98 Å². The third-order valence-corrected chi connectivity index (χ3v) is 3.96. The highest BCUT2D eigenvalue weighted by molar-refractivity contribution is 5.74. The summed E-state index contributed by atoms with van der Waals surface area (Å²) in [7, 11) is 0. The molecule has 0 aliphatic carbocycles. The molecular weight excluding hydrogens is 280 g/mol. The number of nitrogens with one attached hydrogen (secondary N) is 1. The zero-order chi connectivity index (χ0) is 14.8. The predicted octanol–water partition coefficient (Wildman–Crippen LogP) is 2.45. The van der Waals surface area contributed by atoms with Gasteiger partial charge in [0.25, 0.3) is 0 Å². The summed E-state index contributed by atoms with van der Waals surface area (Å²) in [5.41, 5.74) is 2.05. The molecule has 4 rings (SSSR count). The van der Waals surface area contributed by atoms with Crippen LogP contribution in [-0.2, 0) is 24.0 Å². The number of H-pyrrole nitrogens is 1. The Bertz CT molecular complexity index is 725. The lowest BCUT2D eigenvalue weighted by atomic mass is 10.2. The van der Waals surface area contributed by atoms with E-state index in [2.05, 4.69) is 20.1 Å². The predicted molar refractivity (Wildman–Crippen MR) is 80.5 cm³/mol. The summed E-state index contributed by atoms with van der Waals surface area (Å²) in [6, 6.07) is 8.02. The number of imidazole rings is 1. The minimum absolute atomic E-state index is 0.251. The molecule has 1 aliphatic rings. The number of aromatic amines is 1. The van der Waals surface area contributed by atoms with Crippen LogP contribution in [0.5, 0.6) is 0 Å². The Morgan fingerprint density at radius 3 is 3.00 bits per heavy atom. The number of ether oxygens (including phenoxy) is 1. The van der Waals surface area contributed by atoms with Crippen LogP contribution in [0.4, 0.5) is 0 Å². The van der Waals surface area contributed by atoms with Gasteiger partial charge in [-0.3, -0.25) is 0 Å². The first-order chi connectivity index (χ1) is 10.9. The fourth-order valence-electron chi connectivity index (χ4n) is 2.83. The largest absolute Gasteiger partial charge is 0.378 e. The Balaban J connectivity index is 1.37. The number of benzene rings is 1. The summed E-state index contributed by atoms with van der Waals surface area (Å²) in [5, 5.41) is 4.04. The van der Waals surface area contributed by atoms with Crippen molar-refractivity contribution < 1.29 is 9.26 Å². The SMILES string of the molecule is c1ccc2[nH]c(CCc3nc(C[C@@H]4CCCO4)no3)nc2c1. The molecule has 1 fully saturated rings. The van der Waals surface area contributed by atoms with Crippen LogP contribution in [0.15, 0.2) is 28.8 Å². The first-order valence-corrected chi connectivity index (χ1v) is 7.73. The van der Waals surface area contributed by atoms with Gasteiger partial charge in [0, 0.05) is 25.9 Å². The van der Waals surface area contributed by atoms with E-state index < -0.39 is 0 Å². The van der Waals surface area contributed by atoms with E-state index in [0.29, 0.717) is 12.3 Å². The van der Waals surface area contributed by atoms with E-state index >= 15 is 0 Å². The molecule has 1 aromatic carbocycles. The molecule has 0 amide bonds. The summed E-state index contributed by atoms with van der Waals surface area (Å²) < 4.78 is 10.9. The molecule has 114 valence electrons. The Hall–Kier alpha value is -2.21. The van der Waals surface area contributed by atoms with Crippen LogP contribution >= 0.6 is 0 Å². The van der Waals surface area contributed by atoms with Crippen molar-refractivity contribution in [2.45, 2.75) is 38.2 Å². The maximum Gasteiger partial charge on any atom is 0.227 e. The molecule has 0 spiro atoms. The number of aryl methyl sites for hydroxylation is 2. The molecule has 0 saturated carbocycles. The molecule has 1 aliphatic heterocycles. The molecule has 6 nitrogen and oxygen atoms in total. The van der Waals surface area contributed by atoms with Crippen LogP contribution in [0.1, 0.15) is 30.4 Å². The number of hydrogen-bond acceptors (Lipinski definition) is 5. The van der Waals surface area contributed by atoms with Crippen molar-refractivity contribution in [3.8, 4) is 0 Å².